The number of rotatable bonds is 4. The molecule has 1 aliphatic heterocycles. The summed E-state index contributed by atoms with van der Waals surface area (Å²) in [6.45, 7) is 2.88. The van der Waals surface area contributed by atoms with Gasteiger partial charge >= 0.3 is 10.8 Å². The minimum Gasteiger partial charge on any atom is -0.458 e. The van der Waals surface area contributed by atoms with E-state index in [9.17, 15) is 23.1 Å². The van der Waals surface area contributed by atoms with E-state index in [1.165, 1.54) is 29.8 Å². The maximum atomic E-state index is 12.3. The van der Waals surface area contributed by atoms with Crippen molar-refractivity contribution in [1.29, 1.82) is 0 Å². The number of benzene rings is 1. The maximum absolute atomic E-state index is 12.3. The fraction of sp³-hybridized carbons (Fsp3) is 0.368. The van der Waals surface area contributed by atoms with Crippen LogP contribution in [0.1, 0.15) is 25.1 Å². The van der Waals surface area contributed by atoms with E-state index in [1.54, 1.807) is 12.1 Å². The lowest BCUT2D eigenvalue weighted by molar-refractivity contribution is -0.152. The number of aryl methyl sites for hydroxylation is 1. The van der Waals surface area contributed by atoms with Crippen LogP contribution in [0.4, 0.5) is 5.95 Å². The predicted molar refractivity (Wildman–Crippen MR) is 118 cm³/mol. The minimum atomic E-state index is -4.02. The van der Waals surface area contributed by atoms with Crippen LogP contribution in [0.25, 0.3) is 10.3 Å². The van der Waals surface area contributed by atoms with Crippen molar-refractivity contribution in [2.45, 2.75) is 43.6 Å². The second-order valence-electron chi connectivity index (χ2n) is 7.16. The predicted octanol–water partition coefficient (Wildman–Crippen LogP) is 0.888. The van der Waals surface area contributed by atoms with E-state index < -0.39 is 34.5 Å². The topological polar surface area (TPSA) is 184 Å². The molecule has 3 aromatic rings. The molecule has 1 aliphatic rings. The third kappa shape index (κ3) is 5.91. The Hall–Kier alpha value is -2.91. The molecule has 1 fully saturated rings. The van der Waals surface area contributed by atoms with Crippen LogP contribution in [0.15, 0.2) is 40.2 Å². The zero-order valence-electron chi connectivity index (χ0n) is 17.6. The summed E-state index contributed by atoms with van der Waals surface area (Å²) < 4.78 is 42.2. The molecule has 0 unspecified atom stereocenters. The Bertz CT molecular complexity index is 1300. The van der Waals surface area contributed by atoms with E-state index in [0.717, 1.165) is 16.9 Å². The number of aliphatic hydroxyl groups is 1. The Morgan fingerprint density at radius 2 is 2.03 bits per heavy atom. The number of aliphatic hydroxyl groups excluding tert-OH is 1. The third-order valence-electron chi connectivity index (χ3n) is 4.62. The molecule has 0 saturated carbocycles. The number of nitrogens with zero attached hydrogens (tertiary/aromatic N) is 3. The van der Waals surface area contributed by atoms with Crippen LogP contribution < -0.4 is 10.6 Å². The molecule has 4 rings (SSSR count). The lowest BCUT2D eigenvalue weighted by atomic mass is 10.2. The van der Waals surface area contributed by atoms with Crippen LogP contribution >= 0.6 is 11.3 Å². The molecule has 0 spiro atoms. The van der Waals surface area contributed by atoms with Crippen molar-refractivity contribution in [2.75, 3.05) is 12.3 Å². The SMILES string of the molecule is CC(=O)O[C@@H]1C[C@@H](CO)O[C@H]1n1c(=O)sc2cnc(N)nc21.Cc1ccc(S(=O)(=O)O)cc1. The monoisotopic (exact) mass is 498 g/mol. The molecule has 3 heterocycles. The second kappa shape index (κ2) is 9.93. The van der Waals surface area contributed by atoms with Gasteiger partial charge in [0.1, 0.15) is 6.10 Å². The highest BCUT2D eigenvalue weighted by atomic mass is 32.2. The van der Waals surface area contributed by atoms with Crippen LogP contribution in [0.5, 0.6) is 0 Å². The smallest absolute Gasteiger partial charge is 0.311 e. The fourth-order valence-electron chi connectivity index (χ4n) is 3.16. The molecule has 14 heteroatoms. The van der Waals surface area contributed by atoms with Gasteiger partial charge in [-0.2, -0.15) is 13.4 Å². The molecule has 0 aliphatic carbocycles. The van der Waals surface area contributed by atoms with Crippen molar-refractivity contribution < 1.29 is 32.3 Å². The number of anilines is 1. The zero-order valence-corrected chi connectivity index (χ0v) is 19.2. The summed E-state index contributed by atoms with van der Waals surface area (Å²) in [5.74, 6) is -0.460. The van der Waals surface area contributed by atoms with Crippen LogP contribution in [0.2, 0.25) is 0 Å². The summed E-state index contributed by atoms with van der Waals surface area (Å²) in [6.07, 6.45) is -0.293. The maximum Gasteiger partial charge on any atom is 0.311 e. The first-order chi connectivity index (χ1) is 15.5. The van der Waals surface area contributed by atoms with E-state index in [0.29, 0.717) is 16.8 Å². The number of hydrogen-bond acceptors (Lipinski definition) is 11. The molecule has 178 valence electrons. The highest BCUT2D eigenvalue weighted by Crippen LogP contribution is 2.33. The Morgan fingerprint density at radius 3 is 2.61 bits per heavy atom. The van der Waals surface area contributed by atoms with Gasteiger partial charge in [-0.1, -0.05) is 29.0 Å². The van der Waals surface area contributed by atoms with Crippen molar-refractivity contribution >= 4 is 43.7 Å². The van der Waals surface area contributed by atoms with Gasteiger partial charge in [0, 0.05) is 13.3 Å². The number of carbonyl (C=O) groups is 1. The third-order valence-corrected chi connectivity index (χ3v) is 6.36. The lowest BCUT2D eigenvalue weighted by Crippen LogP contribution is -2.30. The molecule has 12 nitrogen and oxygen atoms in total. The highest BCUT2D eigenvalue weighted by Gasteiger charge is 2.40. The molecule has 3 atom stereocenters. The molecule has 33 heavy (non-hydrogen) atoms. The Morgan fingerprint density at radius 1 is 1.36 bits per heavy atom. The number of esters is 1. The van der Waals surface area contributed by atoms with E-state index in [-0.39, 0.29) is 22.3 Å². The molecule has 4 N–H and O–H groups in total. The van der Waals surface area contributed by atoms with Crippen LogP contribution in [-0.4, -0.2) is 57.4 Å². The molecular formula is C19H22N4O8S2. The Kier molecular flexibility index (Phi) is 7.44. The zero-order chi connectivity index (χ0) is 24.3. The number of fused-ring (bicyclic) bond motifs is 1. The normalized spacial score (nSPS) is 20.3. The summed E-state index contributed by atoms with van der Waals surface area (Å²) >= 11 is 0.948. The van der Waals surface area contributed by atoms with Gasteiger partial charge in [0.25, 0.3) is 10.1 Å². The number of hydrogen-bond donors (Lipinski definition) is 3. The average molecular weight is 499 g/mol. The summed E-state index contributed by atoms with van der Waals surface area (Å²) in [7, 11) is -4.02. The first-order valence-electron chi connectivity index (χ1n) is 9.61. The van der Waals surface area contributed by atoms with Crippen molar-refractivity contribution in [1.82, 2.24) is 14.5 Å². The Balaban J connectivity index is 0.000000235. The minimum absolute atomic E-state index is 0.0276. The van der Waals surface area contributed by atoms with Gasteiger partial charge in [-0.3, -0.25) is 18.7 Å². The quantitative estimate of drug-likeness (QED) is 0.343. The number of carbonyl (C=O) groups excluding carboxylic acids is 1. The van der Waals surface area contributed by atoms with Gasteiger partial charge < -0.3 is 20.3 Å². The molecular weight excluding hydrogens is 476 g/mol. The van der Waals surface area contributed by atoms with Crippen molar-refractivity contribution in [3.05, 3.63) is 45.7 Å². The summed E-state index contributed by atoms with van der Waals surface area (Å²) in [4.78, 5) is 31.0. The van der Waals surface area contributed by atoms with Gasteiger partial charge in [-0.25, -0.2) is 4.98 Å². The molecule has 0 amide bonds. The van der Waals surface area contributed by atoms with E-state index >= 15 is 0 Å². The molecule has 2 aromatic heterocycles. The molecule has 1 aromatic carbocycles. The number of aromatic nitrogens is 3. The largest absolute Gasteiger partial charge is 0.458 e. The van der Waals surface area contributed by atoms with Crippen molar-refractivity contribution in [3.63, 3.8) is 0 Å². The van der Waals surface area contributed by atoms with Gasteiger partial charge in [-0.15, -0.1) is 0 Å². The number of nitrogens with two attached hydrogens (primary N) is 1. The van der Waals surface area contributed by atoms with E-state index in [4.69, 9.17) is 19.8 Å². The Labute approximate surface area is 192 Å². The van der Waals surface area contributed by atoms with Crippen molar-refractivity contribution in [2.24, 2.45) is 0 Å². The standard InChI is InChI=1S/C12H14N4O5S.C7H8O3S/c1-5(18)20-7-2-6(4-17)21-10(7)16-9-8(22-12(16)19)3-14-11(13)15-9;1-6-2-4-7(5-3-6)11(8,9)10/h3,6-7,10,17H,2,4H2,1H3,(H2,13,14,15);2-5H,1H3,(H,8,9,10)/t6-,7+,10+;/m0./s1. The van der Waals surface area contributed by atoms with Crippen LogP contribution in [-0.2, 0) is 24.4 Å². The van der Waals surface area contributed by atoms with Crippen molar-refractivity contribution in [3.8, 4) is 0 Å². The number of ether oxygens (including phenoxy) is 2. The average Bonchev–Trinajstić information content (AvgIpc) is 3.26. The highest BCUT2D eigenvalue weighted by molar-refractivity contribution is 7.85. The first kappa shape index (κ1) is 24.7. The number of thiazole rings is 1. The summed E-state index contributed by atoms with van der Waals surface area (Å²) in [5, 5.41) is 9.26. The van der Waals surface area contributed by atoms with Gasteiger partial charge in [0.05, 0.1) is 28.5 Å². The van der Waals surface area contributed by atoms with Crippen LogP contribution in [0.3, 0.4) is 0 Å². The summed E-state index contributed by atoms with van der Waals surface area (Å²) in [6, 6.07) is 5.99. The molecule has 1 saturated heterocycles. The van der Waals surface area contributed by atoms with E-state index in [1.807, 2.05) is 6.92 Å². The van der Waals surface area contributed by atoms with Gasteiger partial charge in [0.2, 0.25) is 5.95 Å². The summed E-state index contributed by atoms with van der Waals surface area (Å²) in [5.41, 5.74) is 6.85. The molecule has 0 bridgehead atoms. The second-order valence-corrected chi connectivity index (χ2v) is 9.57. The number of nitrogen functional groups attached to an aromatic ring is 1. The van der Waals surface area contributed by atoms with E-state index in [2.05, 4.69) is 9.97 Å². The van der Waals surface area contributed by atoms with Gasteiger partial charge in [0.15, 0.2) is 11.9 Å². The molecule has 0 radical (unpaired) electrons. The first-order valence-corrected chi connectivity index (χ1v) is 11.9. The van der Waals surface area contributed by atoms with Crippen LogP contribution in [0, 0.1) is 6.92 Å². The lowest BCUT2D eigenvalue weighted by Gasteiger charge is -2.19. The van der Waals surface area contributed by atoms with Gasteiger partial charge in [-0.05, 0) is 19.1 Å². The fourth-order valence-corrected chi connectivity index (χ4v) is 4.46.